The van der Waals surface area contributed by atoms with Gasteiger partial charge in [0.15, 0.2) is 0 Å². The van der Waals surface area contributed by atoms with Gasteiger partial charge in [0.05, 0.1) is 11.1 Å². The van der Waals surface area contributed by atoms with E-state index >= 15 is 0 Å². The molecule has 0 atom stereocenters. The molecule has 17 heavy (non-hydrogen) atoms. The largest absolute Gasteiger partial charge is 0.478 e. The Morgan fingerprint density at radius 3 is 1.53 bits per heavy atom. The van der Waals surface area contributed by atoms with Crippen molar-refractivity contribution in [3.8, 4) is 0 Å². The summed E-state index contributed by atoms with van der Waals surface area (Å²) in [5.41, 5.74) is -0.380. The summed E-state index contributed by atoms with van der Waals surface area (Å²) in [5, 5.41) is 25.2. The molecule has 0 radical (unpaired) electrons. The number of carbonyl (C=O) groups is 2. The number of aliphatic hydroxyl groups excluding tert-OH is 1. The van der Waals surface area contributed by atoms with Crippen LogP contribution in [-0.4, -0.2) is 33.9 Å². The van der Waals surface area contributed by atoms with Gasteiger partial charge in [-0.2, -0.15) is 0 Å². The number of aromatic carboxylic acids is 2. The topological polar surface area (TPSA) is 94.8 Å². The van der Waals surface area contributed by atoms with Gasteiger partial charge in [-0.3, -0.25) is 0 Å². The zero-order valence-electron chi connectivity index (χ0n) is 9.75. The van der Waals surface area contributed by atoms with Crippen LogP contribution >= 0.6 is 0 Å². The third-order valence-corrected chi connectivity index (χ3v) is 1.75. The summed E-state index contributed by atoms with van der Waals surface area (Å²) in [6.07, 6.45) is 0. The van der Waals surface area contributed by atoms with E-state index in [-0.39, 0.29) is 11.1 Å². The maximum absolute atomic E-state index is 10.5. The number of hydrogen-bond donors (Lipinski definition) is 3. The Hall–Kier alpha value is -1.88. The number of carboxylic acid groups (broad SMARTS) is 2. The molecule has 3 N–H and O–H groups in total. The van der Waals surface area contributed by atoms with E-state index in [9.17, 15) is 9.59 Å². The molecule has 1 aromatic rings. The van der Waals surface area contributed by atoms with E-state index in [4.69, 9.17) is 15.3 Å². The van der Waals surface area contributed by atoms with Crippen molar-refractivity contribution in [2.45, 2.75) is 13.8 Å². The van der Waals surface area contributed by atoms with E-state index in [1.54, 1.807) is 0 Å². The second-order valence-corrected chi connectivity index (χ2v) is 3.73. The van der Waals surface area contributed by atoms with Crippen LogP contribution in [0.2, 0.25) is 0 Å². The second kappa shape index (κ2) is 7.40. The first-order chi connectivity index (χ1) is 7.90. The smallest absolute Gasteiger partial charge is 0.336 e. The maximum Gasteiger partial charge on any atom is 0.336 e. The molecule has 0 aromatic heterocycles. The Morgan fingerprint density at radius 1 is 1.06 bits per heavy atom. The minimum absolute atomic E-state index is 0.190. The van der Waals surface area contributed by atoms with Crippen molar-refractivity contribution in [1.29, 1.82) is 0 Å². The third kappa shape index (κ3) is 5.67. The third-order valence-electron chi connectivity index (χ3n) is 1.75. The molecule has 0 aliphatic carbocycles. The van der Waals surface area contributed by atoms with Crippen molar-refractivity contribution >= 4 is 11.9 Å². The fourth-order valence-corrected chi connectivity index (χ4v) is 0.856. The highest BCUT2D eigenvalue weighted by Gasteiger charge is 2.13. The zero-order valence-corrected chi connectivity index (χ0v) is 9.75. The maximum atomic E-state index is 10.5. The van der Waals surface area contributed by atoms with Gasteiger partial charge in [0.1, 0.15) is 0 Å². The highest BCUT2D eigenvalue weighted by Crippen LogP contribution is 2.07. The van der Waals surface area contributed by atoms with Crippen LogP contribution in [0.4, 0.5) is 0 Å². The van der Waals surface area contributed by atoms with Gasteiger partial charge < -0.3 is 15.3 Å². The van der Waals surface area contributed by atoms with Gasteiger partial charge in [0.2, 0.25) is 0 Å². The highest BCUT2D eigenvalue weighted by molar-refractivity contribution is 6.01. The first-order valence-corrected chi connectivity index (χ1v) is 5.06. The van der Waals surface area contributed by atoms with E-state index in [1.165, 1.54) is 24.3 Å². The second-order valence-electron chi connectivity index (χ2n) is 3.73. The predicted octanol–water partition coefficient (Wildman–Crippen LogP) is 1.72. The van der Waals surface area contributed by atoms with E-state index in [0.29, 0.717) is 12.5 Å². The fraction of sp³-hybridized carbons (Fsp3) is 0.333. The van der Waals surface area contributed by atoms with E-state index in [0.717, 1.165) is 0 Å². The molecule has 0 fully saturated rings. The number of carboxylic acids is 2. The normalized spacial score (nSPS) is 9.41. The Bertz CT molecular complexity index is 351. The van der Waals surface area contributed by atoms with Gasteiger partial charge in [-0.1, -0.05) is 26.0 Å². The molecule has 0 unspecified atom stereocenters. The van der Waals surface area contributed by atoms with Gasteiger partial charge >= 0.3 is 11.9 Å². The molecule has 0 amide bonds. The minimum Gasteiger partial charge on any atom is -0.478 e. The zero-order chi connectivity index (χ0) is 13.4. The molecule has 5 nitrogen and oxygen atoms in total. The Kier molecular flexibility index (Phi) is 6.58. The summed E-state index contributed by atoms with van der Waals surface area (Å²) >= 11 is 0. The lowest BCUT2D eigenvalue weighted by Gasteiger charge is -1.98. The van der Waals surface area contributed by atoms with Crippen molar-refractivity contribution in [2.24, 2.45) is 5.92 Å². The number of rotatable bonds is 3. The summed E-state index contributed by atoms with van der Waals surface area (Å²) in [6.45, 7) is 4.25. The number of aliphatic hydroxyl groups is 1. The highest BCUT2D eigenvalue weighted by atomic mass is 16.4. The lowest BCUT2D eigenvalue weighted by Crippen LogP contribution is -2.06. The van der Waals surface area contributed by atoms with Crippen LogP contribution in [0.15, 0.2) is 24.3 Å². The van der Waals surface area contributed by atoms with E-state index < -0.39 is 11.9 Å². The molecule has 0 spiro atoms. The summed E-state index contributed by atoms with van der Waals surface area (Å²) < 4.78 is 0. The van der Waals surface area contributed by atoms with Gasteiger partial charge in [0.25, 0.3) is 0 Å². The van der Waals surface area contributed by atoms with Crippen LogP contribution in [0.5, 0.6) is 0 Å². The Labute approximate surface area is 99.3 Å². The van der Waals surface area contributed by atoms with E-state index in [1.807, 2.05) is 13.8 Å². The number of benzene rings is 1. The van der Waals surface area contributed by atoms with Gasteiger partial charge in [-0.05, 0) is 18.1 Å². The quantitative estimate of drug-likeness (QED) is 0.747. The van der Waals surface area contributed by atoms with Crippen LogP contribution in [0.25, 0.3) is 0 Å². The van der Waals surface area contributed by atoms with Crippen molar-refractivity contribution in [3.05, 3.63) is 35.4 Å². The standard InChI is InChI=1S/C8H6O4.C4H10O/c9-7(10)5-3-1-2-4-6(5)8(11)12;1-4(2)3-5/h1-4H,(H,9,10)(H,11,12);4-5H,3H2,1-2H3. The van der Waals surface area contributed by atoms with Crippen LogP contribution in [-0.2, 0) is 0 Å². The SMILES string of the molecule is CC(C)CO.O=C(O)c1ccccc1C(=O)O. The average molecular weight is 240 g/mol. The van der Waals surface area contributed by atoms with Crippen LogP contribution in [0.3, 0.4) is 0 Å². The molecule has 0 aliphatic heterocycles. The van der Waals surface area contributed by atoms with Crippen LogP contribution in [0, 0.1) is 5.92 Å². The number of hydrogen-bond acceptors (Lipinski definition) is 3. The summed E-state index contributed by atoms with van der Waals surface area (Å²) in [4.78, 5) is 20.9. The molecule has 1 aromatic carbocycles. The molecule has 0 aliphatic rings. The summed E-state index contributed by atoms with van der Waals surface area (Å²) in [5.74, 6) is -2.02. The first-order valence-electron chi connectivity index (χ1n) is 5.06. The summed E-state index contributed by atoms with van der Waals surface area (Å²) in [6, 6.07) is 5.48. The van der Waals surface area contributed by atoms with Gasteiger partial charge in [-0.25, -0.2) is 9.59 Å². The van der Waals surface area contributed by atoms with Gasteiger partial charge in [0, 0.05) is 6.61 Å². The van der Waals surface area contributed by atoms with Crippen molar-refractivity contribution in [3.63, 3.8) is 0 Å². The molecule has 0 saturated carbocycles. The first kappa shape index (κ1) is 15.1. The van der Waals surface area contributed by atoms with Crippen LogP contribution in [0.1, 0.15) is 34.6 Å². The van der Waals surface area contributed by atoms with E-state index in [2.05, 4.69) is 0 Å². The Morgan fingerprint density at radius 2 is 1.35 bits per heavy atom. The van der Waals surface area contributed by atoms with Crippen LogP contribution < -0.4 is 0 Å². The summed E-state index contributed by atoms with van der Waals surface area (Å²) in [7, 11) is 0. The van der Waals surface area contributed by atoms with Crippen molar-refractivity contribution in [1.82, 2.24) is 0 Å². The van der Waals surface area contributed by atoms with Crippen molar-refractivity contribution in [2.75, 3.05) is 6.61 Å². The molecule has 94 valence electrons. The molecule has 5 heteroatoms. The molecule has 0 saturated heterocycles. The molecular weight excluding hydrogens is 224 g/mol. The minimum atomic E-state index is -1.23. The average Bonchev–Trinajstić information content (AvgIpc) is 2.29. The van der Waals surface area contributed by atoms with Crippen molar-refractivity contribution < 1.29 is 24.9 Å². The molecule has 1 rings (SSSR count). The van der Waals surface area contributed by atoms with Gasteiger partial charge in [-0.15, -0.1) is 0 Å². The molecule has 0 bridgehead atoms. The predicted molar refractivity (Wildman–Crippen MR) is 62.3 cm³/mol. The lowest BCUT2D eigenvalue weighted by molar-refractivity contribution is 0.0651. The molecular formula is C12H16O5. The Balaban J connectivity index is 0.000000437. The monoisotopic (exact) mass is 240 g/mol. The lowest BCUT2D eigenvalue weighted by atomic mass is 10.1. The molecule has 0 heterocycles. The fourth-order valence-electron chi connectivity index (χ4n) is 0.856.